The minimum atomic E-state index is -0.908. The Morgan fingerprint density at radius 1 is 1.29 bits per heavy atom. The molecule has 1 aromatic carbocycles. The predicted molar refractivity (Wildman–Crippen MR) is 83.9 cm³/mol. The van der Waals surface area contributed by atoms with Crippen LogP contribution in [-0.4, -0.2) is 31.0 Å². The minimum Gasteiger partial charge on any atom is -0.497 e. The van der Waals surface area contributed by atoms with Crippen LogP contribution in [0.3, 0.4) is 0 Å². The van der Waals surface area contributed by atoms with Crippen LogP contribution in [0.15, 0.2) is 18.2 Å². The quantitative estimate of drug-likeness (QED) is 0.845. The van der Waals surface area contributed by atoms with E-state index >= 15 is 0 Å². The van der Waals surface area contributed by atoms with Gasteiger partial charge < -0.3 is 20.3 Å². The molecule has 1 atom stereocenters. The van der Waals surface area contributed by atoms with E-state index in [1.54, 1.807) is 7.11 Å². The van der Waals surface area contributed by atoms with Gasteiger partial charge in [0.05, 0.1) is 7.11 Å². The first-order valence-corrected chi connectivity index (χ1v) is 7.54. The maximum atomic E-state index is 10.5. The minimum absolute atomic E-state index is 0.0652. The molecule has 0 aliphatic heterocycles. The Bertz CT molecular complexity index is 491. The standard InChI is InChI=1S/C17H27NO3/c1-16(2,3)14-9-13(20-4)7-8-15(14)21-11-17(19,10-18)12-5-6-12/h7-9,12,19H,5-6,10-11,18H2,1-4H3. The fourth-order valence-electron chi connectivity index (χ4n) is 2.51. The fourth-order valence-corrected chi connectivity index (χ4v) is 2.51. The molecule has 1 aliphatic carbocycles. The molecule has 1 aliphatic rings. The van der Waals surface area contributed by atoms with E-state index in [2.05, 4.69) is 20.8 Å². The molecule has 0 aromatic heterocycles. The number of nitrogens with two attached hydrogens (primary N) is 1. The van der Waals surface area contributed by atoms with Gasteiger partial charge in [-0.25, -0.2) is 0 Å². The SMILES string of the molecule is COc1ccc(OCC(O)(CN)C2CC2)c(C(C)(C)C)c1. The van der Waals surface area contributed by atoms with Crippen LogP contribution in [0.5, 0.6) is 11.5 Å². The molecule has 2 rings (SSSR count). The highest BCUT2D eigenvalue weighted by Crippen LogP contribution is 2.40. The Hall–Kier alpha value is -1.26. The van der Waals surface area contributed by atoms with Crippen molar-refractivity contribution in [1.82, 2.24) is 0 Å². The Balaban J connectivity index is 2.19. The zero-order valence-corrected chi connectivity index (χ0v) is 13.5. The molecule has 0 bridgehead atoms. The lowest BCUT2D eigenvalue weighted by atomic mass is 9.86. The number of ether oxygens (including phenoxy) is 2. The lowest BCUT2D eigenvalue weighted by molar-refractivity contribution is -0.0166. The van der Waals surface area contributed by atoms with Crippen molar-refractivity contribution in [3.05, 3.63) is 23.8 Å². The van der Waals surface area contributed by atoms with Crippen LogP contribution in [0, 0.1) is 5.92 Å². The van der Waals surface area contributed by atoms with E-state index in [0.29, 0.717) is 0 Å². The Labute approximate surface area is 127 Å². The lowest BCUT2D eigenvalue weighted by Gasteiger charge is -2.29. The third-order valence-electron chi connectivity index (χ3n) is 4.16. The van der Waals surface area contributed by atoms with Crippen LogP contribution >= 0.6 is 0 Å². The zero-order valence-electron chi connectivity index (χ0n) is 13.5. The van der Waals surface area contributed by atoms with Crippen LogP contribution in [0.2, 0.25) is 0 Å². The number of benzene rings is 1. The topological polar surface area (TPSA) is 64.7 Å². The number of aliphatic hydroxyl groups is 1. The first-order valence-electron chi connectivity index (χ1n) is 7.54. The van der Waals surface area contributed by atoms with Gasteiger partial charge in [0.1, 0.15) is 23.7 Å². The third kappa shape index (κ3) is 3.69. The number of rotatable bonds is 6. The van der Waals surface area contributed by atoms with E-state index in [1.165, 1.54) is 0 Å². The van der Waals surface area contributed by atoms with Crippen LogP contribution in [-0.2, 0) is 5.41 Å². The molecule has 0 heterocycles. The summed E-state index contributed by atoms with van der Waals surface area (Å²) >= 11 is 0. The maximum absolute atomic E-state index is 10.5. The highest BCUT2D eigenvalue weighted by molar-refractivity contribution is 5.44. The van der Waals surface area contributed by atoms with Crippen molar-refractivity contribution in [3.63, 3.8) is 0 Å². The number of methoxy groups -OCH3 is 1. The molecule has 4 heteroatoms. The summed E-state index contributed by atoms with van der Waals surface area (Å²) in [5.74, 6) is 1.87. The van der Waals surface area contributed by atoms with Crippen molar-refractivity contribution in [2.45, 2.75) is 44.6 Å². The number of hydrogen-bond donors (Lipinski definition) is 2. The average Bonchev–Trinajstić information content (AvgIpc) is 3.28. The van der Waals surface area contributed by atoms with Crippen molar-refractivity contribution in [2.75, 3.05) is 20.3 Å². The summed E-state index contributed by atoms with van der Waals surface area (Å²) in [6.45, 7) is 6.86. The van der Waals surface area contributed by atoms with Gasteiger partial charge >= 0.3 is 0 Å². The molecule has 118 valence electrons. The zero-order chi connectivity index (χ0) is 15.7. The van der Waals surface area contributed by atoms with Gasteiger partial charge in [-0.2, -0.15) is 0 Å². The molecule has 0 radical (unpaired) electrons. The Kier molecular flexibility index (Phi) is 4.49. The first-order chi connectivity index (χ1) is 9.80. The summed E-state index contributed by atoms with van der Waals surface area (Å²) in [6, 6.07) is 5.78. The summed E-state index contributed by atoms with van der Waals surface area (Å²) in [5.41, 5.74) is 5.83. The largest absolute Gasteiger partial charge is 0.497 e. The van der Waals surface area contributed by atoms with Gasteiger partial charge in [0.25, 0.3) is 0 Å². The molecule has 0 amide bonds. The van der Waals surface area contributed by atoms with E-state index in [9.17, 15) is 5.11 Å². The van der Waals surface area contributed by atoms with Crippen molar-refractivity contribution in [1.29, 1.82) is 0 Å². The molecular weight excluding hydrogens is 266 g/mol. The van der Waals surface area contributed by atoms with Gasteiger partial charge in [-0.3, -0.25) is 0 Å². The van der Waals surface area contributed by atoms with Gasteiger partial charge in [0, 0.05) is 12.1 Å². The van der Waals surface area contributed by atoms with Crippen molar-refractivity contribution >= 4 is 0 Å². The van der Waals surface area contributed by atoms with Gasteiger partial charge in [-0.1, -0.05) is 20.8 Å². The second-order valence-electron chi connectivity index (χ2n) is 6.98. The molecule has 0 spiro atoms. The van der Waals surface area contributed by atoms with Crippen LogP contribution < -0.4 is 15.2 Å². The predicted octanol–water partition coefficient (Wildman–Crippen LogP) is 2.47. The Morgan fingerprint density at radius 3 is 2.43 bits per heavy atom. The van der Waals surface area contributed by atoms with Crippen LogP contribution in [0.4, 0.5) is 0 Å². The molecule has 1 saturated carbocycles. The summed E-state index contributed by atoms with van der Waals surface area (Å²) in [4.78, 5) is 0. The van der Waals surface area contributed by atoms with Crippen molar-refractivity contribution in [3.8, 4) is 11.5 Å². The molecule has 0 saturated heterocycles. The second kappa shape index (κ2) is 5.85. The second-order valence-corrected chi connectivity index (χ2v) is 6.98. The number of hydrogen-bond acceptors (Lipinski definition) is 4. The molecule has 3 N–H and O–H groups in total. The molecule has 1 fully saturated rings. The van der Waals surface area contributed by atoms with Gasteiger partial charge in [0.2, 0.25) is 0 Å². The summed E-state index contributed by atoms with van der Waals surface area (Å²) in [5, 5.41) is 10.5. The van der Waals surface area contributed by atoms with Crippen molar-refractivity contribution < 1.29 is 14.6 Å². The van der Waals surface area contributed by atoms with Gasteiger partial charge in [-0.05, 0) is 42.4 Å². The van der Waals surface area contributed by atoms with Crippen molar-refractivity contribution in [2.24, 2.45) is 11.7 Å². The monoisotopic (exact) mass is 293 g/mol. The summed E-state index contributed by atoms with van der Waals surface area (Å²) in [7, 11) is 1.66. The van der Waals surface area contributed by atoms with E-state index in [-0.39, 0.29) is 24.5 Å². The third-order valence-corrected chi connectivity index (χ3v) is 4.16. The summed E-state index contributed by atoms with van der Waals surface area (Å²) < 4.78 is 11.2. The Morgan fingerprint density at radius 2 is 1.95 bits per heavy atom. The molecule has 1 unspecified atom stereocenters. The lowest BCUT2D eigenvalue weighted by Crippen LogP contribution is -2.45. The van der Waals surface area contributed by atoms with E-state index in [1.807, 2.05) is 18.2 Å². The molecule has 1 aromatic rings. The summed E-state index contributed by atoms with van der Waals surface area (Å²) in [6.07, 6.45) is 2.07. The molecule has 4 nitrogen and oxygen atoms in total. The highest BCUT2D eigenvalue weighted by atomic mass is 16.5. The van der Waals surface area contributed by atoms with Gasteiger partial charge in [0.15, 0.2) is 0 Å². The molecule has 21 heavy (non-hydrogen) atoms. The van der Waals surface area contributed by atoms with Crippen LogP contribution in [0.1, 0.15) is 39.2 Å². The molecular formula is C17H27NO3. The first kappa shape index (κ1) is 16.1. The van der Waals surface area contributed by atoms with E-state index in [4.69, 9.17) is 15.2 Å². The van der Waals surface area contributed by atoms with Gasteiger partial charge in [-0.15, -0.1) is 0 Å². The van der Waals surface area contributed by atoms with Crippen LogP contribution in [0.25, 0.3) is 0 Å². The maximum Gasteiger partial charge on any atom is 0.123 e. The van der Waals surface area contributed by atoms with E-state index in [0.717, 1.165) is 29.9 Å². The smallest absolute Gasteiger partial charge is 0.123 e. The average molecular weight is 293 g/mol. The highest BCUT2D eigenvalue weighted by Gasteiger charge is 2.43. The fraction of sp³-hybridized carbons (Fsp3) is 0.647. The normalized spacial score (nSPS) is 18.2. The van der Waals surface area contributed by atoms with E-state index < -0.39 is 5.60 Å².